The summed E-state index contributed by atoms with van der Waals surface area (Å²) in [5.41, 5.74) is 0. The summed E-state index contributed by atoms with van der Waals surface area (Å²) in [4.78, 5) is 0. The smallest absolute Gasteiger partial charge is 0.0111 e. The second-order valence-corrected chi connectivity index (χ2v) is 13.4. The van der Waals surface area contributed by atoms with Gasteiger partial charge in [-0.15, -0.1) is 34.0 Å². The van der Waals surface area contributed by atoms with Gasteiger partial charge < -0.3 is 0 Å². The highest BCUT2D eigenvalue weighted by Gasteiger charge is 2.29. The first kappa shape index (κ1) is 23.9. The average Bonchev–Trinajstić information content (AvgIpc) is 2.01. The van der Waals surface area contributed by atoms with E-state index in [0.717, 1.165) is 0 Å². The zero-order valence-corrected chi connectivity index (χ0v) is 18.0. The van der Waals surface area contributed by atoms with Crippen molar-refractivity contribution >= 4 is 49.8 Å². The van der Waals surface area contributed by atoms with Crippen LogP contribution >= 0.6 is 49.8 Å². The van der Waals surface area contributed by atoms with Crippen LogP contribution < -0.4 is 0 Å². The molecule has 0 nitrogen and oxygen atoms in total. The second kappa shape index (κ2) is 9.68. The molecule has 0 aliphatic carbocycles. The third-order valence-electron chi connectivity index (χ3n) is 3.00. The van der Waals surface area contributed by atoms with E-state index in [2.05, 4.69) is 55.4 Å². The van der Waals surface area contributed by atoms with Gasteiger partial charge in [-0.1, -0.05) is 71.2 Å². The van der Waals surface area contributed by atoms with Gasteiger partial charge in [-0.2, -0.15) is 0 Å². The maximum Gasteiger partial charge on any atom is -0.0111 e. The summed E-state index contributed by atoms with van der Waals surface area (Å²) >= 11 is 0. The van der Waals surface area contributed by atoms with Crippen molar-refractivity contribution in [2.45, 2.75) is 65.7 Å². The van der Waals surface area contributed by atoms with Crippen LogP contribution in [0.25, 0.3) is 0 Å². The summed E-state index contributed by atoms with van der Waals surface area (Å²) in [7, 11) is 0.440. The number of rotatable bonds is 4. The fourth-order valence-electron chi connectivity index (χ4n) is 1.78. The van der Waals surface area contributed by atoms with E-state index in [4.69, 9.17) is 0 Å². The van der Waals surface area contributed by atoms with E-state index in [1.807, 2.05) is 0 Å². The second-order valence-electron chi connectivity index (χ2n) is 6.20. The molecule has 0 bridgehead atoms. The lowest BCUT2D eigenvalue weighted by molar-refractivity contribution is 0.773. The van der Waals surface area contributed by atoms with Gasteiger partial charge in [0.15, 0.2) is 0 Å². The molecule has 0 aromatic carbocycles. The first-order valence-corrected chi connectivity index (χ1v) is 9.55. The van der Waals surface area contributed by atoms with Crippen molar-refractivity contribution in [3.63, 3.8) is 0 Å². The Labute approximate surface area is 133 Å². The normalized spacial score (nSPS) is 15.5. The molecule has 2 unspecified atom stereocenters. The number of hydrogen-bond acceptors (Lipinski definition) is 0. The maximum atomic E-state index is 2.42. The van der Waals surface area contributed by atoms with Crippen molar-refractivity contribution in [2.75, 3.05) is 18.2 Å². The molecule has 17 heavy (non-hydrogen) atoms. The van der Waals surface area contributed by atoms with Crippen LogP contribution in [0, 0.1) is 0 Å². The highest BCUT2D eigenvalue weighted by Crippen LogP contribution is 2.62. The molecule has 0 N–H and O–H groups in total. The van der Waals surface area contributed by atoms with Crippen molar-refractivity contribution < 1.29 is 0 Å². The molecular formula is C13H32Br2P2. The van der Waals surface area contributed by atoms with E-state index in [9.17, 15) is 0 Å². The predicted molar refractivity (Wildman–Crippen MR) is 99.9 cm³/mol. The van der Waals surface area contributed by atoms with E-state index in [1.165, 1.54) is 18.2 Å². The van der Waals surface area contributed by atoms with Gasteiger partial charge in [0, 0.05) is 0 Å². The van der Waals surface area contributed by atoms with Gasteiger partial charge in [-0.3, -0.25) is 0 Å². The maximum absolute atomic E-state index is 2.42. The molecule has 0 saturated heterocycles. The molecule has 2 atom stereocenters. The predicted octanol–water partition coefficient (Wildman–Crippen LogP) is 6.70. The monoisotopic (exact) mass is 408 g/mol. The first-order valence-electron chi connectivity index (χ1n) is 6.13. The third-order valence-corrected chi connectivity index (χ3v) is 11.1. The Kier molecular flexibility index (Phi) is 13.6. The summed E-state index contributed by atoms with van der Waals surface area (Å²) in [5.74, 6) is 1.52. The van der Waals surface area contributed by atoms with Crippen molar-refractivity contribution in [2.24, 2.45) is 0 Å². The van der Waals surface area contributed by atoms with Crippen molar-refractivity contribution in [3.8, 4) is 0 Å². The standard InChI is InChI=1S/C13H30P2.2BrH/c1-9-14(12(3,4)5)11-15(10-2)13(6,7)8;;/h9-11H2,1-8H3;2*1H. The van der Waals surface area contributed by atoms with E-state index in [1.54, 1.807) is 0 Å². The summed E-state index contributed by atoms with van der Waals surface area (Å²) in [6.07, 6.45) is 2.79. The molecule has 0 aliphatic rings. The zero-order chi connectivity index (χ0) is 12.3. The van der Waals surface area contributed by atoms with Crippen LogP contribution in [-0.2, 0) is 0 Å². The fourth-order valence-corrected chi connectivity index (χ4v) is 10.3. The molecule has 0 saturated carbocycles. The molecule has 0 fully saturated rings. The lowest BCUT2D eigenvalue weighted by atomic mass is 10.3. The van der Waals surface area contributed by atoms with Crippen LogP contribution in [0.3, 0.4) is 0 Å². The Balaban J connectivity index is -0.000000980. The van der Waals surface area contributed by atoms with Gasteiger partial charge in [-0.05, 0) is 28.5 Å². The quantitative estimate of drug-likeness (QED) is 0.453. The Morgan fingerprint density at radius 2 is 0.882 bits per heavy atom. The van der Waals surface area contributed by atoms with Gasteiger partial charge in [0.25, 0.3) is 0 Å². The van der Waals surface area contributed by atoms with Crippen LogP contribution in [0.2, 0.25) is 0 Å². The highest BCUT2D eigenvalue weighted by atomic mass is 79.9. The lowest BCUT2D eigenvalue weighted by Gasteiger charge is -2.38. The average molecular weight is 410 g/mol. The van der Waals surface area contributed by atoms with Crippen LogP contribution in [0.4, 0.5) is 0 Å². The Morgan fingerprint density at radius 1 is 0.647 bits per heavy atom. The molecular weight excluding hydrogens is 378 g/mol. The van der Waals surface area contributed by atoms with Gasteiger partial charge in [0.2, 0.25) is 0 Å². The molecule has 0 aromatic rings. The van der Waals surface area contributed by atoms with Gasteiger partial charge in [0.05, 0.1) is 0 Å². The van der Waals surface area contributed by atoms with E-state index in [-0.39, 0.29) is 49.8 Å². The topological polar surface area (TPSA) is 0 Å². The van der Waals surface area contributed by atoms with Crippen molar-refractivity contribution in [3.05, 3.63) is 0 Å². The van der Waals surface area contributed by atoms with Gasteiger partial charge in [-0.25, -0.2) is 0 Å². The summed E-state index contributed by atoms with van der Waals surface area (Å²) < 4.78 is 0. The minimum absolute atomic E-state index is 0. The minimum Gasteiger partial charge on any atom is -0.114 e. The third kappa shape index (κ3) is 9.37. The van der Waals surface area contributed by atoms with Crippen molar-refractivity contribution in [1.82, 2.24) is 0 Å². The first-order chi connectivity index (χ1) is 6.62. The van der Waals surface area contributed by atoms with Crippen LogP contribution in [-0.4, -0.2) is 28.5 Å². The summed E-state index contributed by atoms with van der Waals surface area (Å²) in [6, 6.07) is 0. The molecule has 108 valence electrons. The van der Waals surface area contributed by atoms with E-state index >= 15 is 0 Å². The molecule has 0 rings (SSSR count). The fraction of sp³-hybridized carbons (Fsp3) is 1.00. The molecule has 0 heterocycles. The van der Waals surface area contributed by atoms with Crippen molar-refractivity contribution in [1.29, 1.82) is 0 Å². The molecule has 0 aliphatic heterocycles. The summed E-state index contributed by atoms with van der Waals surface area (Å²) in [6.45, 7) is 19.3. The molecule has 0 spiro atoms. The highest BCUT2D eigenvalue weighted by molar-refractivity contribution is 8.93. The minimum atomic E-state index is 0. The molecule has 4 heteroatoms. The van der Waals surface area contributed by atoms with Crippen LogP contribution in [0.15, 0.2) is 0 Å². The van der Waals surface area contributed by atoms with Crippen LogP contribution in [0.5, 0.6) is 0 Å². The van der Waals surface area contributed by atoms with Gasteiger partial charge >= 0.3 is 0 Å². The van der Waals surface area contributed by atoms with E-state index < -0.39 is 0 Å². The van der Waals surface area contributed by atoms with Gasteiger partial charge in [0.1, 0.15) is 0 Å². The Morgan fingerprint density at radius 3 is 1.00 bits per heavy atom. The Bertz CT molecular complexity index is 163. The SMILES string of the molecule is Br.Br.CCP(CP(CC)C(C)(C)C)C(C)(C)C. The number of halogens is 2. The number of hydrogen-bond donors (Lipinski definition) is 0. The molecule has 0 aromatic heterocycles. The summed E-state index contributed by atoms with van der Waals surface area (Å²) in [5, 5.41) is 1.09. The largest absolute Gasteiger partial charge is 0.114 e. The zero-order valence-electron chi connectivity index (χ0n) is 12.8. The van der Waals surface area contributed by atoms with Crippen LogP contribution in [0.1, 0.15) is 55.4 Å². The van der Waals surface area contributed by atoms with E-state index in [0.29, 0.717) is 10.3 Å². The Hall–Kier alpha value is 1.82. The molecule has 0 amide bonds. The molecule has 0 radical (unpaired) electrons. The lowest BCUT2D eigenvalue weighted by Crippen LogP contribution is -2.19.